The van der Waals surface area contributed by atoms with Gasteiger partial charge in [-0.05, 0) is 44.0 Å². The van der Waals surface area contributed by atoms with Crippen molar-refractivity contribution in [2.75, 3.05) is 13.1 Å². The van der Waals surface area contributed by atoms with Crippen LogP contribution in [-0.2, 0) is 16.2 Å². The van der Waals surface area contributed by atoms with Gasteiger partial charge in [0.25, 0.3) is 0 Å². The standard InChI is InChI=1S/C14H16ClF3N2O2S/c15-9-1-4-13(12(7-9)14(16,17)18)23(21,22)20-10-2-3-11(20)8-19-6-5-10/h1,4,7,10-11,19H,2-3,5-6,8H2. The predicted molar refractivity (Wildman–Crippen MR) is 79.8 cm³/mol. The third-order valence-electron chi connectivity index (χ3n) is 4.39. The highest BCUT2D eigenvalue weighted by Gasteiger charge is 2.46. The van der Waals surface area contributed by atoms with Crippen LogP contribution < -0.4 is 5.32 Å². The van der Waals surface area contributed by atoms with Gasteiger partial charge in [0.05, 0.1) is 10.5 Å². The zero-order chi connectivity index (χ0) is 16.8. The minimum Gasteiger partial charge on any atom is -0.315 e. The van der Waals surface area contributed by atoms with E-state index in [0.717, 1.165) is 6.07 Å². The van der Waals surface area contributed by atoms with Crippen LogP contribution in [0.25, 0.3) is 0 Å². The molecule has 0 aromatic heterocycles. The summed E-state index contributed by atoms with van der Waals surface area (Å²) in [5, 5.41) is 2.99. The maximum absolute atomic E-state index is 13.3. The van der Waals surface area contributed by atoms with Crippen molar-refractivity contribution in [2.24, 2.45) is 0 Å². The van der Waals surface area contributed by atoms with Gasteiger partial charge in [0, 0.05) is 23.7 Å². The van der Waals surface area contributed by atoms with Crippen LogP contribution in [-0.4, -0.2) is 37.9 Å². The summed E-state index contributed by atoms with van der Waals surface area (Å²) in [6.07, 6.45) is -2.84. The molecule has 4 nitrogen and oxygen atoms in total. The number of benzene rings is 1. The Labute approximate surface area is 137 Å². The zero-order valence-electron chi connectivity index (χ0n) is 12.1. The van der Waals surface area contributed by atoms with Gasteiger partial charge in [0.1, 0.15) is 0 Å². The maximum atomic E-state index is 13.3. The number of fused-ring (bicyclic) bond motifs is 2. The summed E-state index contributed by atoms with van der Waals surface area (Å²) in [4.78, 5) is -0.715. The Morgan fingerprint density at radius 2 is 1.87 bits per heavy atom. The molecular weight excluding hydrogens is 353 g/mol. The molecule has 0 saturated carbocycles. The molecule has 2 atom stereocenters. The normalized spacial score (nSPS) is 26.3. The molecule has 2 unspecified atom stereocenters. The highest BCUT2D eigenvalue weighted by Crippen LogP contribution is 2.40. The Hall–Kier alpha value is -0.830. The number of nitrogens with zero attached hydrogens (tertiary/aromatic N) is 1. The van der Waals surface area contributed by atoms with E-state index in [-0.39, 0.29) is 17.1 Å². The lowest BCUT2D eigenvalue weighted by molar-refractivity contribution is -0.139. The number of alkyl halides is 3. The summed E-state index contributed by atoms with van der Waals surface area (Å²) < 4.78 is 66.9. The number of rotatable bonds is 2. The number of nitrogens with one attached hydrogen (secondary N) is 1. The predicted octanol–water partition coefficient (Wildman–Crippen LogP) is 2.87. The third kappa shape index (κ3) is 3.09. The SMILES string of the molecule is O=S(=O)(c1ccc(Cl)cc1C(F)(F)F)N1C2CCNCC1CC2. The first-order chi connectivity index (χ1) is 10.7. The number of sulfonamides is 1. The first-order valence-electron chi connectivity index (χ1n) is 7.32. The van der Waals surface area contributed by atoms with Crippen LogP contribution in [0.3, 0.4) is 0 Å². The minimum atomic E-state index is -4.78. The van der Waals surface area contributed by atoms with Crippen molar-refractivity contribution in [2.45, 2.75) is 42.4 Å². The molecule has 2 fully saturated rings. The van der Waals surface area contributed by atoms with Crippen LogP contribution in [0.4, 0.5) is 13.2 Å². The van der Waals surface area contributed by atoms with Gasteiger partial charge in [-0.3, -0.25) is 0 Å². The van der Waals surface area contributed by atoms with Crippen molar-refractivity contribution < 1.29 is 21.6 Å². The Balaban J connectivity index is 2.10. The molecule has 2 bridgehead atoms. The lowest BCUT2D eigenvalue weighted by atomic mass is 10.1. The molecule has 0 amide bonds. The largest absolute Gasteiger partial charge is 0.417 e. The Morgan fingerprint density at radius 1 is 1.17 bits per heavy atom. The lowest BCUT2D eigenvalue weighted by Crippen LogP contribution is -2.43. The van der Waals surface area contributed by atoms with E-state index in [0.29, 0.717) is 38.4 Å². The van der Waals surface area contributed by atoms with E-state index in [4.69, 9.17) is 11.6 Å². The first-order valence-corrected chi connectivity index (χ1v) is 9.14. The molecule has 2 heterocycles. The van der Waals surface area contributed by atoms with Crippen molar-refractivity contribution in [3.8, 4) is 0 Å². The summed E-state index contributed by atoms with van der Waals surface area (Å²) in [6, 6.07) is 2.26. The number of hydrogen-bond acceptors (Lipinski definition) is 3. The van der Waals surface area contributed by atoms with E-state index >= 15 is 0 Å². The molecule has 2 aliphatic heterocycles. The summed E-state index contributed by atoms with van der Waals surface area (Å²) in [6.45, 7) is 1.13. The summed E-state index contributed by atoms with van der Waals surface area (Å²) >= 11 is 5.64. The first kappa shape index (κ1) is 17.0. The molecule has 1 N–H and O–H groups in total. The van der Waals surface area contributed by atoms with Crippen LogP contribution in [0, 0.1) is 0 Å². The molecule has 0 radical (unpaired) electrons. The van der Waals surface area contributed by atoms with Crippen molar-refractivity contribution in [1.82, 2.24) is 9.62 Å². The summed E-state index contributed by atoms with van der Waals surface area (Å²) in [7, 11) is -4.24. The molecule has 2 saturated heterocycles. The summed E-state index contributed by atoms with van der Waals surface area (Å²) in [5.41, 5.74) is -1.21. The van der Waals surface area contributed by atoms with Crippen LogP contribution in [0.15, 0.2) is 23.1 Å². The van der Waals surface area contributed by atoms with Gasteiger partial charge in [-0.25, -0.2) is 8.42 Å². The fourth-order valence-electron chi connectivity index (χ4n) is 3.39. The Morgan fingerprint density at radius 3 is 2.57 bits per heavy atom. The average molecular weight is 369 g/mol. The Bertz CT molecular complexity index is 694. The zero-order valence-corrected chi connectivity index (χ0v) is 13.7. The molecule has 2 aliphatic rings. The minimum absolute atomic E-state index is 0.142. The number of hydrogen-bond donors (Lipinski definition) is 1. The maximum Gasteiger partial charge on any atom is 0.417 e. The second-order valence-corrected chi connectivity index (χ2v) is 8.10. The van der Waals surface area contributed by atoms with Crippen molar-refractivity contribution in [3.05, 3.63) is 28.8 Å². The lowest BCUT2D eigenvalue weighted by Gasteiger charge is -2.28. The van der Waals surface area contributed by atoms with Crippen LogP contribution in [0.1, 0.15) is 24.8 Å². The van der Waals surface area contributed by atoms with Crippen LogP contribution in [0.5, 0.6) is 0 Å². The monoisotopic (exact) mass is 368 g/mol. The second kappa shape index (κ2) is 5.91. The highest BCUT2D eigenvalue weighted by molar-refractivity contribution is 7.89. The van der Waals surface area contributed by atoms with Gasteiger partial charge in [0.2, 0.25) is 10.0 Å². The van der Waals surface area contributed by atoms with E-state index in [9.17, 15) is 21.6 Å². The fraction of sp³-hybridized carbons (Fsp3) is 0.571. The quantitative estimate of drug-likeness (QED) is 0.873. The molecule has 128 valence electrons. The highest BCUT2D eigenvalue weighted by atomic mass is 35.5. The Kier molecular flexibility index (Phi) is 4.37. The van der Waals surface area contributed by atoms with Gasteiger partial charge in [-0.1, -0.05) is 11.6 Å². The van der Waals surface area contributed by atoms with E-state index in [1.54, 1.807) is 0 Å². The third-order valence-corrected chi connectivity index (χ3v) is 6.69. The molecule has 23 heavy (non-hydrogen) atoms. The van der Waals surface area contributed by atoms with Gasteiger partial charge in [0.15, 0.2) is 0 Å². The molecule has 3 rings (SSSR count). The topological polar surface area (TPSA) is 49.4 Å². The second-order valence-electron chi connectivity index (χ2n) is 5.85. The van der Waals surface area contributed by atoms with E-state index in [1.807, 2.05) is 0 Å². The molecule has 0 aliphatic carbocycles. The van der Waals surface area contributed by atoms with Gasteiger partial charge >= 0.3 is 6.18 Å². The smallest absolute Gasteiger partial charge is 0.315 e. The molecular formula is C14H16ClF3N2O2S. The van der Waals surface area contributed by atoms with E-state index < -0.39 is 26.7 Å². The molecule has 1 aromatic carbocycles. The molecule has 0 spiro atoms. The van der Waals surface area contributed by atoms with Crippen molar-refractivity contribution in [3.63, 3.8) is 0 Å². The number of halogens is 4. The van der Waals surface area contributed by atoms with Crippen molar-refractivity contribution in [1.29, 1.82) is 0 Å². The summed E-state index contributed by atoms with van der Waals surface area (Å²) in [5.74, 6) is 0. The molecule has 1 aromatic rings. The molecule has 9 heteroatoms. The van der Waals surface area contributed by atoms with E-state index in [2.05, 4.69) is 5.32 Å². The van der Waals surface area contributed by atoms with Crippen molar-refractivity contribution >= 4 is 21.6 Å². The van der Waals surface area contributed by atoms with Crippen LogP contribution >= 0.6 is 11.6 Å². The van der Waals surface area contributed by atoms with Crippen LogP contribution in [0.2, 0.25) is 5.02 Å². The fourth-order valence-corrected chi connectivity index (χ4v) is 5.66. The van der Waals surface area contributed by atoms with Gasteiger partial charge < -0.3 is 5.32 Å². The average Bonchev–Trinajstić information content (AvgIpc) is 2.71. The van der Waals surface area contributed by atoms with Gasteiger partial charge in [-0.15, -0.1) is 0 Å². The van der Waals surface area contributed by atoms with E-state index in [1.165, 1.54) is 10.4 Å². The van der Waals surface area contributed by atoms with Gasteiger partial charge in [-0.2, -0.15) is 17.5 Å².